The van der Waals surface area contributed by atoms with Crippen molar-refractivity contribution in [3.8, 4) is 5.75 Å². The van der Waals surface area contributed by atoms with Gasteiger partial charge in [0.05, 0.1) is 5.56 Å². The van der Waals surface area contributed by atoms with E-state index in [2.05, 4.69) is 0 Å². The Labute approximate surface area is 107 Å². The van der Waals surface area contributed by atoms with Gasteiger partial charge < -0.3 is 14.6 Å². The highest BCUT2D eigenvalue weighted by molar-refractivity contribution is 5.72. The number of halogens is 3. The number of aliphatic carboxylic acids is 1. The van der Waals surface area contributed by atoms with Crippen molar-refractivity contribution >= 4 is 5.97 Å². The zero-order valence-corrected chi connectivity index (χ0v) is 10.1. The topological polar surface area (TPSA) is 55.8 Å². The highest BCUT2D eigenvalue weighted by Crippen LogP contribution is 2.31. The molecular weight excluding hydrogens is 265 g/mol. The van der Waals surface area contributed by atoms with Crippen molar-refractivity contribution in [1.82, 2.24) is 0 Å². The highest BCUT2D eigenvalue weighted by Gasteiger charge is 2.30. The summed E-state index contributed by atoms with van der Waals surface area (Å²) in [6, 6.07) is 4.23. The van der Waals surface area contributed by atoms with Crippen molar-refractivity contribution in [2.45, 2.75) is 19.2 Å². The van der Waals surface area contributed by atoms with Gasteiger partial charge in [-0.1, -0.05) is 6.07 Å². The Balaban J connectivity index is 2.69. The van der Waals surface area contributed by atoms with Gasteiger partial charge in [0.25, 0.3) is 0 Å². The second-order valence-electron chi connectivity index (χ2n) is 3.62. The number of carboxylic acid groups (broad SMARTS) is 1. The molecule has 1 unspecified atom stereocenters. The summed E-state index contributed by atoms with van der Waals surface area (Å²) < 4.78 is 47.2. The molecule has 0 saturated carbocycles. The molecule has 0 saturated heterocycles. The highest BCUT2D eigenvalue weighted by atomic mass is 19.4. The van der Waals surface area contributed by atoms with E-state index in [1.807, 2.05) is 0 Å². The molecule has 0 amide bonds. The molecule has 1 N–H and O–H groups in total. The first kappa shape index (κ1) is 15.3. The third-order valence-electron chi connectivity index (χ3n) is 2.21. The molecule has 1 rings (SSSR count). The molecule has 4 nitrogen and oxygen atoms in total. The zero-order valence-electron chi connectivity index (χ0n) is 10.1. The summed E-state index contributed by atoms with van der Waals surface area (Å²) in [5.74, 6) is -1.28. The van der Waals surface area contributed by atoms with E-state index >= 15 is 0 Å². The fourth-order valence-corrected chi connectivity index (χ4v) is 1.33. The molecule has 1 aromatic rings. The number of hydrogen-bond donors (Lipinski definition) is 1. The molecular formula is C12H13F3O4. The van der Waals surface area contributed by atoms with Gasteiger partial charge in [0.2, 0.25) is 0 Å². The van der Waals surface area contributed by atoms with Crippen LogP contribution in [0.4, 0.5) is 13.2 Å². The average molecular weight is 278 g/mol. The van der Waals surface area contributed by atoms with Gasteiger partial charge in [-0.05, 0) is 25.1 Å². The molecule has 19 heavy (non-hydrogen) atoms. The minimum absolute atomic E-state index is 0.0548. The smallest absolute Gasteiger partial charge is 0.416 e. The van der Waals surface area contributed by atoms with Crippen LogP contribution < -0.4 is 4.74 Å². The minimum Gasteiger partial charge on any atom is -0.490 e. The van der Waals surface area contributed by atoms with E-state index in [0.29, 0.717) is 0 Å². The molecule has 0 radical (unpaired) electrons. The van der Waals surface area contributed by atoms with Gasteiger partial charge >= 0.3 is 12.1 Å². The second-order valence-corrected chi connectivity index (χ2v) is 3.62. The van der Waals surface area contributed by atoms with Gasteiger partial charge in [-0.3, -0.25) is 0 Å². The van der Waals surface area contributed by atoms with Gasteiger partial charge in [0.15, 0.2) is 6.10 Å². The van der Waals surface area contributed by atoms with Gasteiger partial charge in [-0.2, -0.15) is 13.2 Å². The van der Waals surface area contributed by atoms with Crippen molar-refractivity contribution < 1.29 is 32.5 Å². The van der Waals surface area contributed by atoms with Crippen molar-refractivity contribution in [3.05, 3.63) is 29.8 Å². The van der Waals surface area contributed by atoms with Crippen LogP contribution in [-0.2, 0) is 15.7 Å². The molecule has 0 heterocycles. The number of carbonyl (C=O) groups is 1. The number of ether oxygens (including phenoxy) is 2. The van der Waals surface area contributed by atoms with Crippen LogP contribution in [0.25, 0.3) is 0 Å². The first-order valence-electron chi connectivity index (χ1n) is 5.49. The van der Waals surface area contributed by atoms with Crippen LogP contribution in [-0.4, -0.2) is 30.4 Å². The van der Waals surface area contributed by atoms with Crippen molar-refractivity contribution in [3.63, 3.8) is 0 Å². The van der Waals surface area contributed by atoms with Crippen molar-refractivity contribution in [1.29, 1.82) is 0 Å². The summed E-state index contributed by atoms with van der Waals surface area (Å²) in [6.45, 7) is 1.42. The van der Waals surface area contributed by atoms with Crippen LogP contribution in [0, 0.1) is 0 Å². The predicted octanol–water partition coefficient (Wildman–Crippen LogP) is 2.57. The second kappa shape index (κ2) is 6.42. The van der Waals surface area contributed by atoms with Crippen LogP contribution >= 0.6 is 0 Å². The molecule has 0 aliphatic heterocycles. The first-order valence-corrected chi connectivity index (χ1v) is 5.49. The molecule has 0 aliphatic rings. The summed E-state index contributed by atoms with van der Waals surface area (Å²) in [4.78, 5) is 10.8. The Morgan fingerprint density at radius 2 is 2.11 bits per heavy atom. The molecule has 106 valence electrons. The van der Waals surface area contributed by atoms with E-state index in [1.165, 1.54) is 12.1 Å². The van der Waals surface area contributed by atoms with E-state index < -0.39 is 23.8 Å². The van der Waals surface area contributed by atoms with E-state index in [1.54, 1.807) is 6.92 Å². The Morgan fingerprint density at radius 1 is 1.42 bits per heavy atom. The lowest BCUT2D eigenvalue weighted by Crippen LogP contribution is -2.30. The average Bonchev–Trinajstić information content (AvgIpc) is 2.33. The number of hydrogen-bond acceptors (Lipinski definition) is 3. The van der Waals surface area contributed by atoms with Crippen LogP contribution in [0.15, 0.2) is 24.3 Å². The number of alkyl halides is 3. The van der Waals surface area contributed by atoms with Crippen LogP contribution in [0.5, 0.6) is 5.75 Å². The summed E-state index contributed by atoms with van der Waals surface area (Å²) >= 11 is 0. The van der Waals surface area contributed by atoms with Crippen LogP contribution in [0.2, 0.25) is 0 Å². The lowest BCUT2D eigenvalue weighted by molar-refractivity contribution is -0.152. The molecule has 1 aromatic carbocycles. The normalized spacial score (nSPS) is 13.1. The zero-order chi connectivity index (χ0) is 14.5. The van der Waals surface area contributed by atoms with Gasteiger partial charge in [0, 0.05) is 6.61 Å². The maximum absolute atomic E-state index is 12.4. The monoisotopic (exact) mass is 278 g/mol. The molecule has 0 bridgehead atoms. The Morgan fingerprint density at radius 3 is 2.63 bits per heavy atom. The van der Waals surface area contributed by atoms with E-state index in [-0.39, 0.29) is 19.0 Å². The van der Waals surface area contributed by atoms with Crippen LogP contribution in [0.1, 0.15) is 12.5 Å². The molecule has 7 heteroatoms. The molecule has 0 fully saturated rings. The standard InChI is InChI=1S/C12H13F3O4/c1-2-18-10(11(16)17)7-19-9-5-3-4-8(6-9)12(13,14)15/h3-6,10H,2,7H2,1H3,(H,16,17). The molecule has 0 spiro atoms. The first-order chi connectivity index (χ1) is 8.84. The summed E-state index contributed by atoms with van der Waals surface area (Å²) in [7, 11) is 0. The predicted molar refractivity (Wildman–Crippen MR) is 60.0 cm³/mol. The Bertz CT molecular complexity index is 431. The Hall–Kier alpha value is -1.76. The molecule has 1 atom stereocenters. The largest absolute Gasteiger partial charge is 0.490 e. The lowest BCUT2D eigenvalue weighted by Gasteiger charge is -2.14. The molecule has 0 aliphatic carbocycles. The maximum Gasteiger partial charge on any atom is 0.416 e. The van der Waals surface area contributed by atoms with E-state index in [0.717, 1.165) is 12.1 Å². The van der Waals surface area contributed by atoms with Crippen molar-refractivity contribution in [2.24, 2.45) is 0 Å². The van der Waals surface area contributed by atoms with Gasteiger partial charge in [-0.15, -0.1) is 0 Å². The maximum atomic E-state index is 12.4. The van der Waals surface area contributed by atoms with Gasteiger partial charge in [-0.25, -0.2) is 4.79 Å². The fourth-order valence-electron chi connectivity index (χ4n) is 1.33. The summed E-state index contributed by atoms with van der Waals surface area (Å²) in [5.41, 5.74) is -0.853. The quantitative estimate of drug-likeness (QED) is 0.869. The SMILES string of the molecule is CCOC(COc1cccc(C(F)(F)F)c1)C(=O)O. The third kappa shape index (κ3) is 4.78. The van der Waals surface area contributed by atoms with Crippen LogP contribution in [0.3, 0.4) is 0 Å². The molecule has 0 aromatic heterocycles. The van der Waals surface area contributed by atoms with Crippen molar-refractivity contribution in [2.75, 3.05) is 13.2 Å². The van der Waals surface area contributed by atoms with Gasteiger partial charge in [0.1, 0.15) is 12.4 Å². The Kier molecular flexibility index (Phi) is 5.17. The van der Waals surface area contributed by atoms with E-state index in [4.69, 9.17) is 14.6 Å². The summed E-state index contributed by atoms with van der Waals surface area (Å²) in [5, 5.41) is 8.78. The summed E-state index contributed by atoms with van der Waals surface area (Å²) in [6.07, 6.45) is -5.68. The van der Waals surface area contributed by atoms with E-state index in [9.17, 15) is 18.0 Å². The fraction of sp³-hybridized carbons (Fsp3) is 0.417. The third-order valence-corrected chi connectivity index (χ3v) is 2.21. The minimum atomic E-state index is -4.47. The lowest BCUT2D eigenvalue weighted by atomic mass is 10.2. The number of carboxylic acids is 1. The number of rotatable bonds is 6. The number of benzene rings is 1.